The first-order valence-electron chi connectivity index (χ1n) is 6.47. The number of amides is 1. The lowest BCUT2D eigenvalue weighted by atomic mass is 10.1. The van der Waals surface area contributed by atoms with Crippen LogP contribution in [0, 0.1) is 17.0 Å². The second-order valence-electron chi connectivity index (χ2n) is 4.59. The molecule has 0 aliphatic carbocycles. The highest BCUT2D eigenvalue weighted by Crippen LogP contribution is 2.28. The summed E-state index contributed by atoms with van der Waals surface area (Å²) in [5.74, 6) is -0.445. The Labute approximate surface area is 138 Å². The van der Waals surface area contributed by atoms with Crippen molar-refractivity contribution >= 4 is 39.4 Å². The number of hydrogen-bond donors (Lipinski definition) is 1. The lowest BCUT2D eigenvalue weighted by Gasteiger charge is -2.05. The van der Waals surface area contributed by atoms with Crippen LogP contribution >= 0.6 is 22.7 Å². The number of nitro groups is 1. The first-order valence-corrected chi connectivity index (χ1v) is 8.23. The molecule has 0 aliphatic rings. The summed E-state index contributed by atoms with van der Waals surface area (Å²) in [6.07, 6.45) is 0. The second-order valence-corrected chi connectivity index (χ2v) is 6.34. The van der Waals surface area contributed by atoms with Crippen LogP contribution in [0.2, 0.25) is 0 Å². The Kier molecular flexibility index (Phi) is 4.13. The van der Waals surface area contributed by atoms with Gasteiger partial charge in [-0.2, -0.15) is 11.3 Å². The maximum Gasteiger partial charge on any atom is 0.273 e. The van der Waals surface area contributed by atoms with Crippen LogP contribution in [-0.2, 0) is 0 Å². The average Bonchev–Trinajstić information content (AvgIpc) is 3.17. The van der Waals surface area contributed by atoms with E-state index in [9.17, 15) is 14.9 Å². The van der Waals surface area contributed by atoms with E-state index in [1.807, 2.05) is 16.8 Å². The van der Waals surface area contributed by atoms with Crippen molar-refractivity contribution in [2.45, 2.75) is 6.92 Å². The standard InChI is InChI=1S/C14H10N4O3S2/c1-8-10(3-2-4-11(8)18(20)21)12(19)15-14-17-16-13(23-14)9-5-6-22-7-9/h2-7H,1H3,(H,15,17,19). The van der Waals surface area contributed by atoms with Crippen molar-refractivity contribution in [3.8, 4) is 10.6 Å². The molecule has 9 heteroatoms. The van der Waals surface area contributed by atoms with Crippen molar-refractivity contribution in [2.24, 2.45) is 0 Å². The fourth-order valence-electron chi connectivity index (χ4n) is 2.01. The van der Waals surface area contributed by atoms with Gasteiger partial charge in [-0.1, -0.05) is 17.4 Å². The number of thiophene rings is 1. The van der Waals surface area contributed by atoms with Crippen molar-refractivity contribution in [2.75, 3.05) is 5.32 Å². The van der Waals surface area contributed by atoms with Crippen molar-refractivity contribution in [1.29, 1.82) is 0 Å². The number of nitrogens with zero attached hydrogens (tertiary/aromatic N) is 3. The molecule has 0 saturated heterocycles. The van der Waals surface area contributed by atoms with Gasteiger partial charge in [0.1, 0.15) is 5.01 Å². The van der Waals surface area contributed by atoms with E-state index in [1.54, 1.807) is 24.3 Å². The second kappa shape index (κ2) is 6.23. The molecule has 0 atom stereocenters. The number of aromatic nitrogens is 2. The zero-order valence-electron chi connectivity index (χ0n) is 11.8. The molecule has 1 amide bonds. The van der Waals surface area contributed by atoms with E-state index < -0.39 is 10.8 Å². The summed E-state index contributed by atoms with van der Waals surface area (Å²) in [4.78, 5) is 22.7. The number of benzene rings is 1. The van der Waals surface area contributed by atoms with Gasteiger partial charge in [0.25, 0.3) is 11.6 Å². The molecule has 1 N–H and O–H groups in total. The first kappa shape index (κ1) is 15.3. The molecular weight excluding hydrogens is 336 g/mol. The Morgan fingerprint density at radius 1 is 1.30 bits per heavy atom. The molecule has 0 unspecified atom stereocenters. The largest absolute Gasteiger partial charge is 0.296 e. The number of anilines is 1. The summed E-state index contributed by atoms with van der Waals surface area (Å²) in [6, 6.07) is 6.31. The molecule has 116 valence electrons. The Hall–Kier alpha value is -2.65. The van der Waals surface area contributed by atoms with Gasteiger partial charge < -0.3 is 0 Å². The summed E-state index contributed by atoms with van der Waals surface area (Å²) in [6.45, 7) is 1.55. The zero-order valence-corrected chi connectivity index (χ0v) is 13.5. The predicted molar refractivity (Wildman–Crippen MR) is 89.0 cm³/mol. The van der Waals surface area contributed by atoms with E-state index in [-0.39, 0.29) is 11.3 Å². The van der Waals surface area contributed by atoms with Crippen LogP contribution in [0.4, 0.5) is 10.8 Å². The smallest absolute Gasteiger partial charge is 0.273 e. The van der Waals surface area contributed by atoms with Crippen LogP contribution < -0.4 is 5.32 Å². The molecule has 0 bridgehead atoms. The van der Waals surface area contributed by atoms with Gasteiger partial charge >= 0.3 is 0 Å². The molecule has 1 aromatic carbocycles. The Balaban J connectivity index is 1.83. The van der Waals surface area contributed by atoms with Gasteiger partial charge in [0.05, 0.1) is 4.92 Å². The van der Waals surface area contributed by atoms with Gasteiger partial charge in [-0.05, 0) is 24.4 Å². The van der Waals surface area contributed by atoms with Crippen LogP contribution in [0.3, 0.4) is 0 Å². The molecule has 0 aliphatic heterocycles. The molecule has 3 rings (SSSR count). The van der Waals surface area contributed by atoms with E-state index in [0.717, 1.165) is 5.56 Å². The van der Waals surface area contributed by atoms with E-state index in [0.29, 0.717) is 15.7 Å². The minimum absolute atomic E-state index is 0.0890. The van der Waals surface area contributed by atoms with Crippen LogP contribution in [0.15, 0.2) is 35.0 Å². The van der Waals surface area contributed by atoms with Crippen molar-refractivity contribution in [1.82, 2.24) is 10.2 Å². The summed E-state index contributed by atoms with van der Waals surface area (Å²) >= 11 is 2.80. The number of nitro benzene ring substituents is 1. The van der Waals surface area contributed by atoms with Crippen LogP contribution in [0.25, 0.3) is 10.6 Å². The van der Waals surface area contributed by atoms with Crippen LogP contribution in [-0.4, -0.2) is 21.0 Å². The molecule has 0 radical (unpaired) electrons. The van der Waals surface area contributed by atoms with Gasteiger partial charge in [-0.3, -0.25) is 20.2 Å². The fraction of sp³-hybridized carbons (Fsp3) is 0.0714. The molecule has 0 saturated carbocycles. The number of carbonyl (C=O) groups is 1. The van der Waals surface area contributed by atoms with Crippen LogP contribution in [0.1, 0.15) is 15.9 Å². The molecule has 2 heterocycles. The third kappa shape index (κ3) is 3.10. The number of carbonyl (C=O) groups excluding carboxylic acids is 1. The number of hydrogen-bond acceptors (Lipinski definition) is 7. The topological polar surface area (TPSA) is 98.0 Å². The highest BCUT2D eigenvalue weighted by atomic mass is 32.1. The van der Waals surface area contributed by atoms with Gasteiger partial charge in [0, 0.05) is 28.1 Å². The molecule has 0 fully saturated rings. The Bertz CT molecular complexity index is 874. The average molecular weight is 346 g/mol. The van der Waals surface area contributed by atoms with E-state index >= 15 is 0 Å². The third-order valence-corrected chi connectivity index (χ3v) is 4.73. The minimum atomic E-state index is -0.508. The number of nitrogens with one attached hydrogen (secondary N) is 1. The van der Waals surface area contributed by atoms with Crippen LogP contribution in [0.5, 0.6) is 0 Å². The van der Waals surface area contributed by atoms with Gasteiger partial charge in [-0.25, -0.2) is 0 Å². The maximum absolute atomic E-state index is 12.3. The quantitative estimate of drug-likeness (QED) is 0.573. The third-order valence-electron chi connectivity index (χ3n) is 3.16. The summed E-state index contributed by atoms with van der Waals surface area (Å²) < 4.78 is 0. The summed E-state index contributed by atoms with van der Waals surface area (Å²) in [7, 11) is 0. The highest BCUT2D eigenvalue weighted by molar-refractivity contribution is 7.19. The predicted octanol–water partition coefficient (Wildman–Crippen LogP) is 3.74. The molecule has 2 aromatic heterocycles. The lowest BCUT2D eigenvalue weighted by molar-refractivity contribution is -0.385. The zero-order chi connectivity index (χ0) is 16.4. The van der Waals surface area contributed by atoms with Gasteiger partial charge in [0.15, 0.2) is 0 Å². The highest BCUT2D eigenvalue weighted by Gasteiger charge is 2.19. The van der Waals surface area contributed by atoms with E-state index in [1.165, 1.54) is 23.5 Å². The SMILES string of the molecule is Cc1c(C(=O)Nc2nnc(-c3ccsc3)s2)cccc1[N+](=O)[O-]. The Morgan fingerprint density at radius 2 is 2.13 bits per heavy atom. The van der Waals surface area contributed by atoms with Gasteiger partial charge in [-0.15, -0.1) is 10.2 Å². The molecule has 0 spiro atoms. The summed E-state index contributed by atoms with van der Waals surface area (Å²) in [5, 5.41) is 26.5. The van der Waals surface area contributed by atoms with Crippen molar-refractivity contribution < 1.29 is 9.72 Å². The minimum Gasteiger partial charge on any atom is -0.296 e. The fourth-order valence-corrected chi connectivity index (χ4v) is 3.46. The summed E-state index contributed by atoms with van der Waals surface area (Å²) in [5.41, 5.74) is 1.41. The molecule has 7 nitrogen and oxygen atoms in total. The normalized spacial score (nSPS) is 10.5. The van der Waals surface area contributed by atoms with Gasteiger partial charge in [0.2, 0.25) is 5.13 Å². The monoisotopic (exact) mass is 346 g/mol. The van der Waals surface area contributed by atoms with E-state index in [2.05, 4.69) is 15.5 Å². The number of rotatable bonds is 4. The first-order chi connectivity index (χ1) is 11.1. The molecule has 23 heavy (non-hydrogen) atoms. The van der Waals surface area contributed by atoms with Crippen molar-refractivity contribution in [3.05, 3.63) is 56.3 Å². The maximum atomic E-state index is 12.3. The Morgan fingerprint density at radius 3 is 2.83 bits per heavy atom. The van der Waals surface area contributed by atoms with E-state index in [4.69, 9.17) is 0 Å². The molecule has 3 aromatic rings. The lowest BCUT2D eigenvalue weighted by Crippen LogP contribution is -2.14. The van der Waals surface area contributed by atoms with Crippen molar-refractivity contribution in [3.63, 3.8) is 0 Å². The molecular formula is C14H10N4O3S2.